The molecule has 2 heteroatoms. The molecule has 2 aromatic heterocycles. The van der Waals surface area contributed by atoms with Crippen LogP contribution >= 0.6 is 0 Å². The van der Waals surface area contributed by atoms with Gasteiger partial charge in [0.2, 0.25) is 0 Å². The number of rotatable bonds is 2. The van der Waals surface area contributed by atoms with Gasteiger partial charge in [0.05, 0.1) is 16.4 Å². The van der Waals surface area contributed by atoms with Gasteiger partial charge in [0.1, 0.15) is 11.2 Å². The minimum atomic E-state index is -0.391. The Kier molecular flexibility index (Phi) is 5.20. The average molecular weight is 648 g/mol. The average Bonchev–Trinajstić information content (AvgIpc) is 3.91. The fourth-order valence-corrected chi connectivity index (χ4v) is 9.64. The number of para-hydroxylation sites is 2. The summed E-state index contributed by atoms with van der Waals surface area (Å²) in [5, 5.41) is 4.85. The highest BCUT2D eigenvalue weighted by Gasteiger charge is 2.51. The number of benzene rings is 8. The van der Waals surface area contributed by atoms with Crippen molar-refractivity contribution in [2.45, 2.75) is 5.41 Å². The maximum Gasteiger partial charge on any atom is 0.136 e. The minimum Gasteiger partial charge on any atom is -0.456 e. The molecule has 2 aliphatic rings. The standard InChI is InChI=1S/C49H29NO/c1-6-18-40-33(12-1)34-13-2-7-19-41(34)49(40)42-20-8-3-14-35(42)38-28-39-47(29-43(38)49)51-46-23-11-17-32(48(39)46)30-24-26-31(27-25-30)50-44-21-9-4-15-36(44)37-16-5-10-22-45(37)50/h1-29H. The molecule has 2 heterocycles. The van der Waals surface area contributed by atoms with Crippen molar-refractivity contribution in [2.24, 2.45) is 0 Å². The molecule has 0 saturated carbocycles. The molecule has 0 amide bonds. The molecule has 10 aromatic rings. The van der Waals surface area contributed by atoms with Gasteiger partial charge in [-0.15, -0.1) is 0 Å². The third-order valence-electron chi connectivity index (χ3n) is 11.6. The van der Waals surface area contributed by atoms with Crippen LogP contribution in [0.15, 0.2) is 180 Å². The van der Waals surface area contributed by atoms with E-state index in [9.17, 15) is 0 Å². The van der Waals surface area contributed by atoms with Crippen LogP contribution in [0.25, 0.3) is 82.8 Å². The normalized spacial score (nSPS) is 13.6. The molecule has 51 heavy (non-hydrogen) atoms. The predicted molar refractivity (Wildman–Crippen MR) is 210 cm³/mol. The van der Waals surface area contributed by atoms with Crippen molar-refractivity contribution in [3.63, 3.8) is 0 Å². The first-order chi connectivity index (χ1) is 25.3. The lowest BCUT2D eigenvalue weighted by Crippen LogP contribution is -2.25. The number of hydrogen-bond acceptors (Lipinski definition) is 1. The van der Waals surface area contributed by atoms with Crippen LogP contribution in [-0.2, 0) is 5.41 Å². The van der Waals surface area contributed by atoms with Gasteiger partial charge in [0.25, 0.3) is 0 Å². The number of hydrogen-bond donors (Lipinski definition) is 0. The molecule has 0 unspecified atom stereocenters. The summed E-state index contributed by atoms with van der Waals surface area (Å²) >= 11 is 0. The zero-order chi connectivity index (χ0) is 33.3. The Morgan fingerprint density at radius 2 is 0.902 bits per heavy atom. The van der Waals surface area contributed by atoms with Gasteiger partial charge in [0.15, 0.2) is 0 Å². The second kappa shape index (κ2) is 9.74. The summed E-state index contributed by atoms with van der Waals surface area (Å²) in [6.07, 6.45) is 0. The quantitative estimate of drug-likeness (QED) is 0.183. The summed E-state index contributed by atoms with van der Waals surface area (Å²) in [4.78, 5) is 0. The Hall–Kier alpha value is -6.64. The molecule has 0 saturated heterocycles. The van der Waals surface area contributed by atoms with Gasteiger partial charge < -0.3 is 8.98 Å². The van der Waals surface area contributed by atoms with Crippen LogP contribution < -0.4 is 0 Å². The number of aromatic nitrogens is 1. The molecule has 8 aromatic carbocycles. The third-order valence-corrected chi connectivity index (χ3v) is 11.6. The lowest BCUT2D eigenvalue weighted by molar-refractivity contribution is 0.666. The van der Waals surface area contributed by atoms with Crippen LogP contribution in [0.1, 0.15) is 22.3 Å². The SMILES string of the molecule is c1ccc2c(c1)-c1ccccc1C21c2ccccc2-c2cc3c(cc21)oc1cccc(-c2ccc(-n4c5ccccc5c5ccccc54)cc2)c13. The van der Waals surface area contributed by atoms with Crippen molar-refractivity contribution >= 4 is 43.7 Å². The summed E-state index contributed by atoms with van der Waals surface area (Å²) < 4.78 is 9.17. The van der Waals surface area contributed by atoms with Crippen molar-refractivity contribution in [1.29, 1.82) is 0 Å². The second-order valence-electron chi connectivity index (χ2n) is 14.0. The van der Waals surface area contributed by atoms with Crippen molar-refractivity contribution < 1.29 is 4.42 Å². The molecule has 236 valence electrons. The smallest absolute Gasteiger partial charge is 0.136 e. The zero-order valence-electron chi connectivity index (χ0n) is 27.6. The van der Waals surface area contributed by atoms with Crippen molar-refractivity contribution in [1.82, 2.24) is 4.57 Å². The largest absolute Gasteiger partial charge is 0.456 e. The maximum absolute atomic E-state index is 6.79. The Bertz CT molecular complexity index is 2980. The van der Waals surface area contributed by atoms with Crippen LogP contribution in [0.3, 0.4) is 0 Å². The molecular formula is C49H29NO. The van der Waals surface area contributed by atoms with Crippen LogP contribution in [-0.4, -0.2) is 4.57 Å². The lowest BCUT2D eigenvalue weighted by Gasteiger charge is -2.30. The van der Waals surface area contributed by atoms with Crippen molar-refractivity contribution in [3.8, 4) is 39.1 Å². The van der Waals surface area contributed by atoms with E-state index >= 15 is 0 Å². The number of fused-ring (bicyclic) bond motifs is 16. The molecule has 0 fully saturated rings. The van der Waals surface area contributed by atoms with Crippen LogP contribution in [0, 0.1) is 0 Å². The summed E-state index contributed by atoms with van der Waals surface area (Å²) in [5.74, 6) is 0. The molecule has 2 nitrogen and oxygen atoms in total. The van der Waals surface area contributed by atoms with E-state index in [4.69, 9.17) is 4.42 Å². The highest BCUT2D eigenvalue weighted by Crippen LogP contribution is 2.63. The maximum atomic E-state index is 6.79. The number of nitrogens with zero attached hydrogens (tertiary/aromatic N) is 1. The van der Waals surface area contributed by atoms with Crippen LogP contribution in [0.5, 0.6) is 0 Å². The van der Waals surface area contributed by atoms with E-state index in [-0.39, 0.29) is 0 Å². The second-order valence-corrected chi connectivity index (χ2v) is 14.0. The summed E-state index contributed by atoms with van der Waals surface area (Å²) in [6.45, 7) is 0. The summed E-state index contributed by atoms with van der Waals surface area (Å²) in [5.41, 5.74) is 17.9. The fraction of sp³-hybridized carbons (Fsp3) is 0.0204. The molecule has 0 radical (unpaired) electrons. The first kappa shape index (κ1) is 27.2. The Morgan fingerprint density at radius 3 is 1.53 bits per heavy atom. The predicted octanol–water partition coefficient (Wildman–Crippen LogP) is 12.7. The Labute approximate surface area is 294 Å². The van der Waals surface area contributed by atoms with Gasteiger partial charge in [-0.2, -0.15) is 0 Å². The van der Waals surface area contributed by atoms with E-state index in [0.717, 1.165) is 27.6 Å². The molecule has 0 bridgehead atoms. The van der Waals surface area contributed by atoms with Gasteiger partial charge in [-0.25, -0.2) is 0 Å². The van der Waals surface area contributed by atoms with Crippen LogP contribution in [0.2, 0.25) is 0 Å². The molecular weight excluding hydrogens is 619 g/mol. The molecule has 0 N–H and O–H groups in total. The van der Waals surface area contributed by atoms with Crippen molar-refractivity contribution in [3.05, 3.63) is 198 Å². The van der Waals surface area contributed by atoms with Gasteiger partial charge in [-0.05, 0) is 98.1 Å². The Morgan fingerprint density at radius 1 is 0.373 bits per heavy atom. The van der Waals surface area contributed by atoms with Gasteiger partial charge in [-0.1, -0.05) is 133 Å². The molecule has 1 spiro atoms. The third kappa shape index (κ3) is 3.37. The van der Waals surface area contributed by atoms with E-state index < -0.39 is 5.41 Å². The highest BCUT2D eigenvalue weighted by atomic mass is 16.3. The van der Waals surface area contributed by atoms with E-state index in [1.54, 1.807) is 0 Å². The fourth-order valence-electron chi connectivity index (χ4n) is 9.64. The highest BCUT2D eigenvalue weighted by molar-refractivity contribution is 6.15. The zero-order valence-corrected chi connectivity index (χ0v) is 27.6. The van der Waals surface area contributed by atoms with Crippen molar-refractivity contribution in [2.75, 3.05) is 0 Å². The molecule has 2 aliphatic carbocycles. The number of furan rings is 1. The van der Waals surface area contributed by atoms with E-state index in [0.29, 0.717) is 0 Å². The van der Waals surface area contributed by atoms with E-state index in [1.165, 1.54) is 77.4 Å². The summed E-state index contributed by atoms with van der Waals surface area (Å²) in [7, 11) is 0. The van der Waals surface area contributed by atoms with Gasteiger partial charge >= 0.3 is 0 Å². The van der Waals surface area contributed by atoms with Gasteiger partial charge in [0, 0.05) is 27.2 Å². The molecule has 0 atom stereocenters. The monoisotopic (exact) mass is 647 g/mol. The minimum absolute atomic E-state index is 0.391. The Balaban J connectivity index is 1.07. The van der Waals surface area contributed by atoms with E-state index in [2.05, 4.69) is 180 Å². The lowest BCUT2D eigenvalue weighted by atomic mass is 9.70. The topological polar surface area (TPSA) is 18.1 Å². The molecule has 12 rings (SSSR count). The summed E-state index contributed by atoms with van der Waals surface area (Å²) in [6, 6.07) is 64.5. The molecule has 0 aliphatic heterocycles. The van der Waals surface area contributed by atoms with Gasteiger partial charge in [-0.3, -0.25) is 0 Å². The van der Waals surface area contributed by atoms with Crippen LogP contribution in [0.4, 0.5) is 0 Å². The first-order valence-corrected chi connectivity index (χ1v) is 17.7. The van der Waals surface area contributed by atoms with E-state index in [1.807, 2.05) is 0 Å². The first-order valence-electron chi connectivity index (χ1n) is 17.7.